The van der Waals surface area contributed by atoms with Gasteiger partial charge in [-0.25, -0.2) is 0 Å². The molecular formula is C15H21NO3. The first-order valence-electron chi connectivity index (χ1n) is 7.04. The van der Waals surface area contributed by atoms with Crippen molar-refractivity contribution in [2.75, 3.05) is 33.2 Å². The molecule has 0 saturated carbocycles. The summed E-state index contributed by atoms with van der Waals surface area (Å²) >= 11 is 0. The first-order chi connectivity index (χ1) is 9.35. The Hall–Kier alpha value is -1.26. The topological polar surface area (TPSA) is 30.9 Å². The molecule has 0 radical (unpaired) electrons. The molecule has 1 unspecified atom stereocenters. The smallest absolute Gasteiger partial charge is 0.231 e. The summed E-state index contributed by atoms with van der Waals surface area (Å²) in [5.41, 5.74) is 1.33. The fraction of sp³-hybridized carbons (Fsp3) is 0.600. The van der Waals surface area contributed by atoms with E-state index in [0.29, 0.717) is 12.7 Å². The van der Waals surface area contributed by atoms with Gasteiger partial charge in [0.15, 0.2) is 11.5 Å². The van der Waals surface area contributed by atoms with E-state index >= 15 is 0 Å². The second-order valence-electron chi connectivity index (χ2n) is 5.28. The SMILES string of the molecule is CCC(Cc1ccc2c(c1)OCO2)CN1CCOC1. The maximum Gasteiger partial charge on any atom is 0.231 e. The molecule has 0 amide bonds. The molecule has 1 aromatic rings. The van der Waals surface area contributed by atoms with Crippen LogP contribution in [0.15, 0.2) is 18.2 Å². The standard InChI is InChI=1S/C15H21NO3/c1-2-12(9-16-5-6-17-10-16)7-13-3-4-14-15(8-13)19-11-18-14/h3-4,8,12H,2,5-7,9-11H2,1H3. The number of rotatable bonds is 5. The summed E-state index contributed by atoms with van der Waals surface area (Å²) < 4.78 is 16.2. The number of ether oxygens (including phenoxy) is 3. The zero-order valence-electron chi connectivity index (χ0n) is 11.4. The van der Waals surface area contributed by atoms with Crippen LogP contribution in [-0.2, 0) is 11.2 Å². The van der Waals surface area contributed by atoms with Gasteiger partial charge in [0.05, 0.1) is 13.3 Å². The van der Waals surface area contributed by atoms with Crippen LogP contribution < -0.4 is 9.47 Å². The molecule has 19 heavy (non-hydrogen) atoms. The molecule has 4 nitrogen and oxygen atoms in total. The van der Waals surface area contributed by atoms with Crippen molar-refractivity contribution in [3.05, 3.63) is 23.8 Å². The van der Waals surface area contributed by atoms with Gasteiger partial charge in [-0.3, -0.25) is 4.90 Å². The highest BCUT2D eigenvalue weighted by molar-refractivity contribution is 5.44. The van der Waals surface area contributed by atoms with E-state index in [-0.39, 0.29) is 0 Å². The maximum absolute atomic E-state index is 5.44. The number of hydrogen-bond acceptors (Lipinski definition) is 4. The molecule has 1 atom stereocenters. The maximum atomic E-state index is 5.44. The Kier molecular flexibility index (Phi) is 3.89. The average Bonchev–Trinajstić information content (AvgIpc) is 3.08. The van der Waals surface area contributed by atoms with E-state index in [1.165, 1.54) is 12.0 Å². The molecule has 0 aliphatic carbocycles. The summed E-state index contributed by atoms with van der Waals surface area (Å²) in [6, 6.07) is 6.28. The molecule has 1 fully saturated rings. The second kappa shape index (κ2) is 5.80. The monoisotopic (exact) mass is 263 g/mol. The molecule has 1 saturated heterocycles. The van der Waals surface area contributed by atoms with Crippen LogP contribution in [0.3, 0.4) is 0 Å². The molecular weight excluding hydrogens is 242 g/mol. The van der Waals surface area contributed by atoms with Crippen LogP contribution in [0.4, 0.5) is 0 Å². The Balaban J connectivity index is 1.61. The first kappa shape index (κ1) is 12.8. The van der Waals surface area contributed by atoms with Gasteiger partial charge in [-0.1, -0.05) is 19.4 Å². The van der Waals surface area contributed by atoms with E-state index in [1.807, 2.05) is 6.07 Å². The molecule has 2 aliphatic heterocycles. The molecule has 4 heteroatoms. The Morgan fingerprint density at radius 2 is 2.16 bits per heavy atom. The van der Waals surface area contributed by atoms with Crippen molar-refractivity contribution in [2.45, 2.75) is 19.8 Å². The van der Waals surface area contributed by atoms with Crippen molar-refractivity contribution in [1.29, 1.82) is 0 Å². The number of nitrogens with zero attached hydrogens (tertiary/aromatic N) is 1. The number of hydrogen-bond donors (Lipinski definition) is 0. The quantitative estimate of drug-likeness (QED) is 0.815. The van der Waals surface area contributed by atoms with E-state index in [0.717, 1.165) is 44.3 Å². The van der Waals surface area contributed by atoms with Crippen LogP contribution in [0, 0.1) is 5.92 Å². The third-order valence-electron chi connectivity index (χ3n) is 3.88. The van der Waals surface area contributed by atoms with Crippen molar-refractivity contribution in [3.8, 4) is 11.5 Å². The summed E-state index contributed by atoms with van der Waals surface area (Å²) in [5.74, 6) is 2.42. The molecule has 3 rings (SSSR count). The van der Waals surface area contributed by atoms with E-state index in [9.17, 15) is 0 Å². The zero-order valence-corrected chi connectivity index (χ0v) is 11.4. The van der Waals surface area contributed by atoms with E-state index < -0.39 is 0 Å². The number of fused-ring (bicyclic) bond motifs is 1. The van der Waals surface area contributed by atoms with Gasteiger partial charge >= 0.3 is 0 Å². The first-order valence-corrected chi connectivity index (χ1v) is 7.04. The third-order valence-corrected chi connectivity index (χ3v) is 3.88. The highest BCUT2D eigenvalue weighted by Gasteiger charge is 2.19. The molecule has 0 spiro atoms. The van der Waals surface area contributed by atoms with Crippen LogP contribution in [-0.4, -0.2) is 38.1 Å². The lowest BCUT2D eigenvalue weighted by Gasteiger charge is -2.21. The van der Waals surface area contributed by atoms with Gasteiger partial charge in [-0.2, -0.15) is 0 Å². The van der Waals surface area contributed by atoms with Crippen LogP contribution in [0.5, 0.6) is 11.5 Å². The lowest BCUT2D eigenvalue weighted by atomic mass is 9.96. The summed E-state index contributed by atoms with van der Waals surface area (Å²) in [7, 11) is 0. The minimum atomic E-state index is 0.348. The van der Waals surface area contributed by atoms with Gasteiger partial charge < -0.3 is 14.2 Å². The van der Waals surface area contributed by atoms with Gasteiger partial charge in [-0.05, 0) is 30.0 Å². The van der Waals surface area contributed by atoms with E-state index in [4.69, 9.17) is 14.2 Å². The minimum Gasteiger partial charge on any atom is -0.454 e. The molecule has 1 aromatic carbocycles. The highest BCUT2D eigenvalue weighted by Crippen LogP contribution is 2.33. The zero-order chi connectivity index (χ0) is 13.1. The fourth-order valence-corrected chi connectivity index (χ4v) is 2.70. The van der Waals surface area contributed by atoms with Gasteiger partial charge in [0.25, 0.3) is 0 Å². The summed E-state index contributed by atoms with van der Waals surface area (Å²) in [4.78, 5) is 2.39. The van der Waals surface area contributed by atoms with E-state index in [1.54, 1.807) is 0 Å². The van der Waals surface area contributed by atoms with Crippen molar-refractivity contribution < 1.29 is 14.2 Å². The predicted octanol–water partition coefficient (Wildman–Crippen LogP) is 2.27. The Bertz CT molecular complexity index is 429. The Labute approximate surface area is 114 Å². The molecule has 0 aromatic heterocycles. The average molecular weight is 263 g/mol. The predicted molar refractivity (Wildman–Crippen MR) is 72.4 cm³/mol. The summed E-state index contributed by atoms with van der Waals surface area (Å²) in [6.45, 7) is 6.45. The molecule has 0 N–H and O–H groups in total. The Morgan fingerprint density at radius 3 is 2.95 bits per heavy atom. The molecule has 0 bridgehead atoms. The van der Waals surface area contributed by atoms with Crippen molar-refractivity contribution in [3.63, 3.8) is 0 Å². The molecule has 2 aliphatic rings. The van der Waals surface area contributed by atoms with Crippen LogP contribution in [0.2, 0.25) is 0 Å². The highest BCUT2D eigenvalue weighted by atomic mass is 16.7. The van der Waals surface area contributed by atoms with Crippen LogP contribution >= 0.6 is 0 Å². The van der Waals surface area contributed by atoms with Gasteiger partial charge in [0, 0.05) is 13.1 Å². The van der Waals surface area contributed by atoms with Gasteiger partial charge in [0.1, 0.15) is 0 Å². The Morgan fingerprint density at radius 1 is 1.26 bits per heavy atom. The fourth-order valence-electron chi connectivity index (χ4n) is 2.70. The largest absolute Gasteiger partial charge is 0.454 e. The minimum absolute atomic E-state index is 0.348. The second-order valence-corrected chi connectivity index (χ2v) is 5.28. The number of benzene rings is 1. The van der Waals surface area contributed by atoms with Crippen LogP contribution in [0.25, 0.3) is 0 Å². The van der Waals surface area contributed by atoms with Crippen LogP contribution in [0.1, 0.15) is 18.9 Å². The van der Waals surface area contributed by atoms with Gasteiger partial charge in [-0.15, -0.1) is 0 Å². The third kappa shape index (κ3) is 3.01. The normalized spacial score (nSPS) is 19.8. The van der Waals surface area contributed by atoms with Crippen molar-refractivity contribution in [1.82, 2.24) is 4.90 Å². The van der Waals surface area contributed by atoms with E-state index in [2.05, 4.69) is 24.0 Å². The van der Waals surface area contributed by atoms with Gasteiger partial charge in [0.2, 0.25) is 6.79 Å². The van der Waals surface area contributed by atoms with Crippen molar-refractivity contribution in [2.24, 2.45) is 5.92 Å². The lowest BCUT2D eigenvalue weighted by Crippen LogP contribution is -2.28. The molecule has 2 heterocycles. The molecule has 104 valence electrons. The lowest BCUT2D eigenvalue weighted by molar-refractivity contribution is 0.129. The summed E-state index contributed by atoms with van der Waals surface area (Å²) in [5, 5.41) is 0. The summed E-state index contributed by atoms with van der Waals surface area (Å²) in [6.07, 6.45) is 2.27. The van der Waals surface area contributed by atoms with Crippen molar-refractivity contribution >= 4 is 0 Å².